The maximum absolute atomic E-state index is 12.9. The number of hydrogen-bond donors (Lipinski definition) is 0. The van der Waals surface area contributed by atoms with Crippen LogP contribution in [0.3, 0.4) is 0 Å². The summed E-state index contributed by atoms with van der Waals surface area (Å²) in [5.74, 6) is 2.13. The monoisotopic (exact) mass is 499 g/mol. The molecule has 0 atom stereocenters. The second-order valence-electron chi connectivity index (χ2n) is 9.33. The van der Waals surface area contributed by atoms with Gasteiger partial charge in [-0.15, -0.1) is 0 Å². The van der Waals surface area contributed by atoms with Crippen molar-refractivity contribution >= 4 is 29.0 Å². The molecule has 8 heteroatoms. The van der Waals surface area contributed by atoms with Gasteiger partial charge in [0.05, 0.1) is 0 Å². The van der Waals surface area contributed by atoms with E-state index in [0.717, 1.165) is 30.2 Å². The molecule has 37 heavy (non-hydrogen) atoms. The van der Waals surface area contributed by atoms with Gasteiger partial charge < -0.3 is 14.2 Å². The van der Waals surface area contributed by atoms with Gasteiger partial charge in [0.25, 0.3) is 5.56 Å². The van der Waals surface area contributed by atoms with Gasteiger partial charge in [0.15, 0.2) is 11.2 Å². The summed E-state index contributed by atoms with van der Waals surface area (Å²) in [6.07, 6.45) is 7.61. The average Bonchev–Trinajstić information content (AvgIpc) is 3.25. The number of nitrogens with zero attached hydrogens (tertiary/aromatic N) is 5. The summed E-state index contributed by atoms with van der Waals surface area (Å²) in [7, 11) is 1.80. The molecule has 0 radical (unpaired) electrons. The number of benzene rings is 2. The van der Waals surface area contributed by atoms with Gasteiger partial charge in [0, 0.05) is 38.9 Å². The zero-order valence-corrected chi connectivity index (χ0v) is 21.7. The van der Waals surface area contributed by atoms with Gasteiger partial charge in [-0.25, -0.2) is 9.78 Å². The van der Waals surface area contributed by atoms with Crippen LogP contribution in [0.25, 0.3) is 23.3 Å². The number of aromatic nitrogens is 4. The highest BCUT2D eigenvalue weighted by Crippen LogP contribution is 2.27. The highest BCUT2D eigenvalue weighted by atomic mass is 16.5. The van der Waals surface area contributed by atoms with Gasteiger partial charge in [-0.1, -0.05) is 18.2 Å². The molecule has 2 aromatic heterocycles. The maximum atomic E-state index is 12.9. The number of hydrogen-bond acceptors (Lipinski definition) is 5. The SMILES string of the molecule is CCn1c(=O)c2c(nc(/C=C/c3cccc(Oc4ccc(N5CCCCC5)cc4)c3)n2C)n(CC)c1=O. The van der Waals surface area contributed by atoms with Crippen LogP contribution >= 0.6 is 0 Å². The molecule has 0 aliphatic carbocycles. The fourth-order valence-corrected chi connectivity index (χ4v) is 4.96. The van der Waals surface area contributed by atoms with E-state index in [1.54, 1.807) is 23.1 Å². The molecule has 1 fully saturated rings. The highest BCUT2D eigenvalue weighted by molar-refractivity contribution is 5.76. The van der Waals surface area contributed by atoms with Gasteiger partial charge in [0.1, 0.15) is 17.3 Å². The third-order valence-electron chi connectivity index (χ3n) is 6.99. The van der Waals surface area contributed by atoms with E-state index in [0.29, 0.717) is 30.1 Å². The van der Waals surface area contributed by atoms with E-state index >= 15 is 0 Å². The van der Waals surface area contributed by atoms with Crippen LogP contribution in [0.4, 0.5) is 5.69 Å². The molecule has 1 saturated heterocycles. The van der Waals surface area contributed by atoms with E-state index in [9.17, 15) is 9.59 Å². The summed E-state index contributed by atoms with van der Waals surface area (Å²) >= 11 is 0. The number of aryl methyl sites for hydroxylation is 2. The van der Waals surface area contributed by atoms with Gasteiger partial charge in [-0.05, 0) is 81.1 Å². The fourth-order valence-electron chi connectivity index (χ4n) is 4.96. The van der Waals surface area contributed by atoms with Crippen molar-refractivity contribution in [2.75, 3.05) is 18.0 Å². The van der Waals surface area contributed by atoms with Gasteiger partial charge in [-0.3, -0.25) is 13.9 Å². The van der Waals surface area contributed by atoms with Crippen molar-refractivity contribution in [3.05, 3.63) is 80.8 Å². The Hall–Kier alpha value is -4.07. The normalized spacial score (nSPS) is 14.1. The Kier molecular flexibility index (Phi) is 6.99. The third-order valence-corrected chi connectivity index (χ3v) is 6.99. The summed E-state index contributed by atoms with van der Waals surface area (Å²) in [6.45, 7) is 6.66. The van der Waals surface area contributed by atoms with Crippen LogP contribution < -0.4 is 20.9 Å². The predicted molar refractivity (Wildman–Crippen MR) is 149 cm³/mol. The molecule has 192 valence electrons. The fraction of sp³-hybridized carbons (Fsp3) is 0.345. The zero-order valence-electron chi connectivity index (χ0n) is 21.7. The lowest BCUT2D eigenvalue weighted by molar-refractivity contribution is 0.482. The lowest BCUT2D eigenvalue weighted by Crippen LogP contribution is -2.39. The third kappa shape index (κ3) is 4.83. The second-order valence-corrected chi connectivity index (χ2v) is 9.33. The zero-order chi connectivity index (χ0) is 25.9. The second kappa shape index (κ2) is 10.5. The molecule has 5 rings (SSSR count). The molecule has 1 aliphatic rings. The van der Waals surface area contributed by atoms with Gasteiger partial charge in [0.2, 0.25) is 0 Å². The van der Waals surface area contributed by atoms with Crippen molar-refractivity contribution in [3.8, 4) is 11.5 Å². The van der Waals surface area contributed by atoms with Crippen LogP contribution in [-0.4, -0.2) is 31.8 Å². The largest absolute Gasteiger partial charge is 0.457 e. The number of fused-ring (bicyclic) bond motifs is 1. The van der Waals surface area contributed by atoms with E-state index in [4.69, 9.17) is 4.74 Å². The molecule has 0 bridgehead atoms. The maximum Gasteiger partial charge on any atom is 0.332 e. The van der Waals surface area contributed by atoms with E-state index in [1.807, 2.05) is 55.5 Å². The van der Waals surface area contributed by atoms with Crippen LogP contribution in [0.1, 0.15) is 44.5 Å². The first kappa shape index (κ1) is 24.6. The molecule has 0 amide bonds. The van der Waals surface area contributed by atoms with Crippen LogP contribution in [0.5, 0.6) is 11.5 Å². The minimum atomic E-state index is -0.329. The molecular weight excluding hydrogens is 466 g/mol. The number of ether oxygens (including phenoxy) is 1. The smallest absolute Gasteiger partial charge is 0.332 e. The van der Waals surface area contributed by atoms with Crippen molar-refractivity contribution in [2.24, 2.45) is 7.05 Å². The summed E-state index contributed by atoms with van der Waals surface area (Å²) in [5, 5.41) is 0. The Balaban J connectivity index is 1.38. The first-order valence-electron chi connectivity index (χ1n) is 13.0. The first-order chi connectivity index (χ1) is 18.0. The van der Waals surface area contributed by atoms with E-state index < -0.39 is 0 Å². The molecule has 0 saturated carbocycles. The summed E-state index contributed by atoms with van der Waals surface area (Å²) in [4.78, 5) is 32.7. The Morgan fingerprint density at radius 3 is 2.32 bits per heavy atom. The van der Waals surface area contributed by atoms with Crippen molar-refractivity contribution < 1.29 is 4.74 Å². The molecule has 1 aliphatic heterocycles. The van der Waals surface area contributed by atoms with Crippen molar-refractivity contribution in [2.45, 2.75) is 46.2 Å². The quantitative estimate of drug-likeness (QED) is 0.362. The summed E-state index contributed by atoms with van der Waals surface area (Å²) < 4.78 is 10.7. The minimum Gasteiger partial charge on any atom is -0.457 e. The number of imidazole rings is 1. The van der Waals surface area contributed by atoms with Crippen LogP contribution in [0, 0.1) is 0 Å². The van der Waals surface area contributed by atoms with E-state index in [-0.39, 0.29) is 11.2 Å². The number of piperidine rings is 1. The Morgan fingerprint density at radius 2 is 1.62 bits per heavy atom. The van der Waals surface area contributed by atoms with Gasteiger partial charge >= 0.3 is 5.69 Å². The molecule has 4 aromatic rings. The number of rotatable bonds is 7. The lowest BCUT2D eigenvalue weighted by Gasteiger charge is -2.28. The topological polar surface area (TPSA) is 74.3 Å². The standard InChI is InChI=1S/C29H33N5O3/c1-4-33-27-26(28(35)34(5-2)29(33)36)31(3)25(30-27)17-12-21-10-9-11-24(20-21)37-23-15-13-22(14-16-23)32-18-7-6-8-19-32/h9-17,20H,4-8,18-19H2,1-3H3/b17-12+. The molecule has 8 nitrogen and oxygen atoms in total. The van der Waals surface area contributed by atoms with Crippen LogP contribution in [0.15, 0.2) is 58.1 Å². The molecule has 2 aromatic carbocycles. The minimum absolute atomic E-state index is 0.316. The molecule has 3 heterocycles. The Labute approximate surface area is 216 Å². The molecule has 0 spiro atoms. The highest BCUT2D eigenvalue weighted by Gasteiger charge is 2.17. The van der Waals surface area contributed by atoms with Crippen LogP contribution in [-0.2, 0) is 20.1 Å². The molecule has 0 unspecified atom stereocenters. The molecule has 0 N–H and O–H groups in total. The average molecular weight is 500 g/mol. The summed E-state index contributed by atoms with van der Waals surface area (Å²) in [5.41, 5.74) is 2.37. The van der Waals surface area contributed by atoms with Crippen molar-refractivity contribution in [3.63, 3.8) is 0 Å². The lowest BCUT2D eigenvalue weighted by atomic mass is 10.1. The van der Waals surface area contributed by atoms with E-state index in [1.165, 1.54) is 29.5 Å². The molecular formula is C29H33N5O3. The van der Waals surface area contributed by atoms with E-state index in [2.05, 4.69) is 22.0 Å². The number of anilines is 1. The van der Waals surface area contributed by atoms with Crippen molar-refractivity contribution in [1.82, 2.24) is 18.7 Å². The van der Waals surface area contributed by atoms with Crippen LogP contribution in [0.2, 0.25) is 0 Å². The van der Waals surface area contributed by atoms with Crippen molar-refractivity contribution in [1.29, 1.82) is 0 Å². The Morgan fingerprint density at radius 1 is 0.892 bits per heavy atom. The van der Waals surface area contributed by atoms with Gasteiger partial charge in [-0.2, -0.15) is 0 Å². The Bertz CT molecular complexity index is 1550. The first-order valence-corrected chi connectivity index (χ1v) is 13.0. The predicted octanol–water partition coefficient (Wildman–Crippen LogP) is 4.89. The summed E-state index contributed by atoms with van der Waals surface area (Å²) in [6, 6.07) is 16.1.